The Balaban J connectivity index is 2.06. The number of amides is 1. The van der Waals surface area contributed by atoms with E-state index >= 15 is 0 Å². The van der Waals surface area contributed by atoms with Crippen molar-refractivity contribution in [2.24, 2.45) is 0 Å². The molecule has 0 radical (unpaired) electrons. The molecule has 2 rings (SSSR count). The Morgan fingerprint density at radius 1 is 1.47 bits per heavy atom. The number of carbonyl (C=O) groups is 2. The molecule has 6 heteroatoms. The zero-order chi connectivity index (χ0) is 14.0. The van der Waals surface area contributed by atoms with Gasteiger partial charge in [-0.3, -0.25) is 4.79 Å². The lowest BCUT2D eigenvalue weighted by atomic mass is 10.2. The second kappa shape index (κ2) is 5.61. The molecule has 2 N–H and O–H groups in total. The first-order valence-electron chi connectivity index (χ1n) is 5.97. The summed E-state index contributed by atoms with van der Waals surface area (Å²) in [5.74, 6) is -0.874. The number of ether oxygens (including phenoxy) is 1. The van der Waals surface area contributed by atoms with Gasteiger partial charge in [-0.2, -0.15) is 0 Å². The van der Waals surface area contributed by atoms with Crippen molar-refractivity contribution in [2.75, 3.05) is 0 Å². The van der Waals surface area contributed by atoms with Crippen molar-refractivity contribution in [3.63, 3.8) is 0 Å². The molecular weight excluding hydrogens is 314 g/mol. The third-order valence-corrected chi connectivity index (χ3v) is 3.43. The van der Waals surface area contributed by atoms with Crippen LogP contribution in [-0.4, -0.2) is 29.1 Å². The van der Waals surface area contributed by atoms with Gasteiger partial charge in [-0.25, -0.2) is 4.79 Å². The summed E-state index contributed by atoms with van der Waals surface area (Å²) < 4.78 is 6.12. The molecular formula is C13H14BrNO4. The fraction of sp³-hybridized carbons (Fsp3) is 0.385. The van der Waals surface area contributed by atoms with E-state index in [1.165, 1.54) is 12.1 Å². The zero-order valence-electron chi connectivity index (χ0n) is 10.4. The second-order valence-electron chi connectivity index (χ2n) is 4.49. The van der Waals surface area contributed by atoms with Crippen molar-refractivity contribution in [3.8, 4) is 5.75 Å². The molecule has 5 nitrogen and oxygen atoms in total. The standard InChI is InChI=1S/C13H14BrNO4/c1-7(12(16)15-9-3-4-9)19-11-6-8(13(17)18)2-5-10(11)14/h2,5-7,9H,3-4H2,1H3,(H,15,16)(H,17,18). The molecule has 1 saturated carbocycles. The molecule has 1 aromatic carbocycles. The molecule has 1 fully saturated rings. The van der Waals surface area contributed by atoms with Gasteiger partial charge >= 0.3 is 5.97 Å². The van der Waals surface area contributed by atoms with Crippen molar-refractivity contribution in [1.82, 2.24) is 5.32 Å². The maximum Gasteiger partial charge on any atom is 0.335 e. The summed E-state index contributed by atoms with van der Waals surface area (Å²) in [6.45, 7) is 1.64. The van der Waals surface area contributed by atoms with Gasteiger partial charge in [0.25, 0.3) is 5.91 Å². The minimum atomic E-state index is -1.03. The number of carbonyl (C=O) groups excluding carboxylic acids is 1. The van der Waals surface area contributed by atoms with Gasteiger partial charge in [0, 0.05) is 6.04 Å². The van der Waals surface area contributed by atoms with Crippen molar-refractivity contribution in [2.45, 2.75) is 31.9 Å². The van der Waals surface area contributed by atoms with Crippen LogP contribution in [0, 0.1) is 0 Å². The van der Waals surface area contributed by atoms with Crippen molar-refractivity contribution in [3.05, 3.63) is 28.2 Å². The first-order valence-corrected chi connectivity index (χ1v) is 6.76. The summed E-state index contributed by atoms with van der Waals surface area (Å²) in [6.07, 6.45) is 1.36. The molecule has 1 atom stereocenters. The van der Waals surface area contributed by atoms with Gasteiger partial charge in [-0.1, -0.05) is 0 Å². The van der Waals surface area contributed by atoms with Gasteiger partial charge in [-0.15, -0.1) is 0 Å². The normalized spacial score (nSPS) is 15.7. The first-order chi connectivity index (χ1) is 8.97. The molecule has 102 valence electrons. The molecule has 1 unspecified atom stereocenters. The minimum Gasteiger partial charge on any atom is -0.480 e. The molecule has 1 amide bonds. The SMILES string of the molecule is CC(Oc1cc(C(=O)O)ccc1Br)C(=O)NC1CC1. The van der Waals surface area contributed by atoms with E-state index in [2.05, 4.69) is 21.2 Å². The van der Waals surface area contributed by atoms with Crippen molar-refractivity contribution < 1.29 is 19.4 Å². The molecule has 1 aliphatic rings. The third-order valence-electron chi connectivity index (χ3n) is 2.77. The van der Waals surface area contributed by atoms with E-state index in [4.69, 9.17) is 9.84 Å². The van der Waals surface area contributed by atoms with Crippen LogP contribution in [0.15, 0.2) is 22.7 Å². The molecule has 19 heavy (non-hydrogen) atoms. The van der Waals surface area contributed by atoms with E-state index in [1.807, 2.05) is 0 Å². The van der Waals surface area contributed by atoms with Crippen LogP contribution in [0.1, 0.15) is 30.1 Å². The molecule has 0 aliphatic heterocycles. The van der Waals surface area contributed by atoms with Gasteiger partial charge in [0.2, 0.25) is 0 Å². The van der Waals surface area contributed by atoms with Crippen LogP contribution in [0.5, 0.6) is 5.75 Å². The highest BCUT2D eigenvalue weighted by atomic mass is 79.9. The quantitative estimate of drug-likeness (QED) is 0.869. The Morgan fingerprint density at radius 3 is 2.74 bits per heavy atom. The third kappa shape index (κ3) is 3.70. The first kappa shape index (κ1) is 13.9. The van der Waals surface area contributed by atoms with E-state index in [-0.39, 0.29) is 17.5 Å². The maximum atomic E-state index is 11.8. The Labute approximate surface area is 119 Å². The largest absolute Gasteiger partial charge is 0.480 e. The van der Waals surface area contributed by atoms with Gasteiger partial charge in [0.15, 0.2) is 6.10 Å². The predicted octanol–water partition coefficient (Wildman–Crippen LogP) is 2.19. The Bertz CT molecular complexity index is 513. The summed E-state index contributed by atoms with van der Waals surface area (Å²) in [5.41, 5.74) is 0.119. The van der Waals surface area contributed by atoms with E-state index < -0.39 is 12.1 Å². The monoisotopic (exact) mass is 327 g/mol. The molecule has 0 saturated heterocycles. The molecule has 1 aromatic rings. The van der Waals surface area contributed by atoms with Crippen LogP contribution in [-0.2, 0) is 4.79 Å². The molecule has 0 bridgehead atoms. The highest BCUT2D eigenvalue weighted by molar-refractivity contribution is 9.10. The number of halogens is 1. The lowest BCUT2D eigenvalue weighted by Gasteiger charge is -2.15. The van der Waals surface area contributed by atoms with Crippen LogP contribution in [0.2, 0.25) is 0 Å². The number of nitrogens with one attached hydrogen (secondary N) is 1. The predicted molar refractivity (Wildman–Crippen MR) is 72.4 cm³/mol. The van der Waals surface area contributed by atoms with E-state index in [1.54, 1.807) is 13.0 Å². The maximum absolute atomic E-state index is 11.8. The van der Waals surface area contributed by atoms with Crippen molar-refractivity contribution >= 4 is 27.8 Å². The van der Waals surface area contributed by atoms with Gasteiger partial charge in [0.05, 0.1) is 10.0 Å². The van der Waals surface area contributed by atoms with Crippen molar-refractivity contribution in [1.29, 1.82) is 0 Å². The number of carboxylic acids is 1. The highest BCUT2D eigenvalue weighted by Gasteiger charge is 2.26. The van der Waals surface area contributed by atoms with Gasteiger partial charge in [0.1, 0.15) is 5.75 Å². The van der Waals surface area contributed by atoms with E-state index in [9.17, 15) is 9.59 Å². The summed E-state index contributed by atoms with van der Waals surface area (Å²) in [4.78, 5) is 22.6. The summed E-state index contributed by atoms with van der Waals surface area (Å²) in [7, 11) is 0. The molecule has 0 spiro atoms. The summed E-state index contributed by atoms with van der Waals surface area (Å²) >= 11 is 3.27. The molecule has 0 heterocycles. The minimum absolute atomic E-state index is 0.119. The topological polar surface area (TPSA) is 75.6 Å². The lowest BCUT2D eigenvalue weighted by Crippen LogP contribution is -2.37. The van der Waals surface area contributed by atoms with Crippen LogP contribution < -0.4 is 10.1 Å². The lowest BCUT2D eigenvalue weighted by molar-refractivity contribution is -0.127. The van der Waals surface area contributed by atoms with E-state index in [0.29, 0.717) is 10.2 Å². The fourth-order valence-electron chi connectivity index (χ4n) is 1.52. The Morgan fingerprint density at radius 2 is 2.16 bits per heavy atom. The zero-order valence-corrected chi connectivity index (χ0v) is 11.9. The number of hydrogen-bond acceptors (Lipinski definition) is 3. The number of benzene rings is 1. The average molecular weight is 328 g/mol. The van der Waals surface area contributed by atoms with E-state index in [0.717, 1.165) is 12.8 Å². The second-order valence-corrected chi connectivity index (χ2v) is 5.35. The van der Waals surface area contributed by atoms with Crippen LogP contribution in [0.4, 0.5) is 0 Å². The fourth-order valence-corrected chi connectivity index (χ4v) is 1.86. The Hall–Kier alpha value is -1.56. The highest BCUT2D eigenvalue weighted by Crippen LogP contribution is 2.27. The van der Waals surface area contributed by atoms with Gasteiger partial charge < -0.3 is 15.2 Å². The van der Waals surface area contributed by atoms with Crippen LogP contribution in [0.3, 0.4) is 0 Å². The number of aromatic carboxylic acids is 1. The number of carboxylic acid groups (broad SMARTS) is 1. The molecule has 0 aromatic heterocycles. The Kier molecular flexibility index (Phi) is 4.09. The summed E-state index contributed by atoms with van der Waals surface area (Å²) in [6, 6.07) is 4.72. The van der Waals surface area contributed by atoms with Gasteiger partial charge in [-0.05, 0) is 53.9 Å². The van der Waals surface area contributed by atoms with Crippen LogP contribution in [0.25, 0.3) is 0 Å². The number of rotatable bonds is 5. The summed E-state index contributed by atoms with van der Waals surface area (Å²) in [5, 5.41) is 11.8. The van der Waals surface area contributed by atoms with Crippen LogP contribution >= 0.6 is 15.9 Å². The smallest absolute Gasteiger partial charge is 0.335 e. The number of hydrogen-bond donors (Lipinski definition) is 2. The average Bonchev–Trinajstić information content (AvgIpc) is 3.15. The molecule has 1 aliphatic carbocycles.